The van der Waals surface area contributed by atoms with Crippen molar-refractivity contribution in [2.24, 2.45) is 0 Å². The Bertz CT molecular complexity index is 1370. The van der Waals surface area contributed by atoms with E-state index >= 15 is 0 Å². The van der Waals surface area contributed by atoms with Crippen LogP contribution in [-0.4, -0.2) is 26.8 Å². The van der Waals surface area contributed by atoms with Crippen LogP contribution < -0.4 is 4.90 Å². The number of fused-ring (bicyclic) bond motifs is 1. The summed E-state index contributed by atoms with van der Waals surface area (Å²) in [6.07, 6.45) is 2.11. The monoisotopic (exact) mass is 460 g/mol. The van der Waals surface area contributed by atoms with Crippen LogP contribution in [0.25, 0.3) is 11.1 Å². The lowest BCUT2D eigenvalue weighted by Gasteiger charge is -2.28. The van der Waals surface area contributed by atoms with Crippen molar-refractivity contribution >= 4 is 39.3 Å². The van der Waals surface area contributed by atoms with Gasteiger partial charge in [0.2, 0.25) is 0 Å². The van der Waals surface area contributed by atoms with Crippen molar-refractivity contribution < 1.29 is 14.1 Å². The number of hydrogen-bond donors (Lipinski definition) is 0. The number of nitrogens with zero attached hydrogens (tertiary/aromatic N) is 4. The van der Waals surface area contributed by atoms with Crippen molar-refractivity contribution in [2.75, 3.05) is 4.90 Å². The predicted molar refractivity (Wildman–Crippen MR) is 127 cm³/mol. The number of ketones is 1. The van der Waals surface area contributed by atoms with E-state index in [1.165, 1.54) is 18.3 Å². The maximum absolute atomic E-state index is 14.2. The number of pyridine rings is 1. The second-order valence-electron chi connectivity index (χ2n) is 8.55. The van der Waals surface area contributed by atoms with Gasteiger partial charge in [-0.1, -0.05) is 46.8 Å². The summed E-state index contributed by atoms with van der Waals surface area (Å²) >= 11 is 1.25. The predicted octanol–water partition coefficient (Wildman–Crippen LogP) is 5.78. The summed E-state index contributed by atoms with van der Waals surface area (Å²) in [6, 6.07) is 11.4. The van der Waals surface area contributed by atoms with E-state index in [0.29, 0.717) is 44.0 Å². The number of benzene rings is 1. The van der Waals surface area contributed by atoms with Gasteiger partial charge in [0.15, 0.2) is 10.9 Å². The number of aromatic nitrogens is 3. The van der Waals surface area contributed by atoms with Crippen LogP contribution in [0.1, 0.15) is 81.3 Å². The van der Waals surface area contributed by atoms with Crippen LogP contribution in [0.4, 0.5) is 5.13 Å². The van der Waals surface area contributed by atoms with Gasteiger partial charge in [-0.3, -0.25) is 14.5 Å². The van der Waals surface area contributed by atoms with Crippen molar-refractivity contribution in [1.82, 2.24) is 15.1 Å². The van der Waals surface area contributed by atoms with E-state index in [-0.39, 0.29) is 17.7 Å². The Balaban J connectivity index is 1.69. The smallest absolute Gasteiger partial charge is 0.261 e. The van der Waals surface area contributed by atoms with Gasteiger partial charge in [-0.2, -0.15) is 0 Å². The fourth-order valence-electron chi connectivity index (χ4n) is 4.12. The Hall–Kier alpha value is -3.39. The summed E-state index contributed by atoms with van der Waals surface area (Å²) in [7, 11) is 0. The fourth-order valence-corrected chi connectivity index (χ4v) is 5.16. The summed E-state index contributed by atoms with van der Waals surface area (Å²) in [6.45, 7) is 7.10. The molecule has 1 fully saturated rings. The number of rotatable bonds is 6. The van der Waals surface area contributed by atoms with Crippen molar-refractivity contribution in [1.29, 1.82) is 0 Å². The summed E-state index contributed by atoms with van der Waals surface area (Å²) in [5.74, 6) is 0.0711. The molecule has 0 N–H and O–H groups in total. The van der Waals surface area contributed by atoms with Gasteiger partial charge in [0.1, 0.15) is 0 Å². The van der Waals surface area contributed by atoms with Gasteiger partial charge in [0.05, 0.1) is 33.3 Å². The molecule has 1 atom stereocenters. The van der Waals surface area contributed by atoms with Crippen LogP contribution in [0.3, 0.4) is 0 Å². The first-order valence-corrected chi connectivity index (χ1v) is 11.8. The third-order valence-electron chi connectivity index (χ3n) is 6.06. The van der Waals surface area contributed by atoms with Crippen LogP contribution in [0.2, 0.25) is 0 Å². The number of hydrogen-bond acceptors (Lipinski definition) is 7. The van der Waals surface area contributed by atoms with Gasteiger partial charge in [0.25, 0.3) is 11.6 Å². The van der Waals surface area contributed by atoms with E-state index < -0.39 is 0 Å². The number of carbonyl (C=O) groups is 2. The Labute approximate surface area is 195 Å². The standard InChI is InChI=1S/C25H24N4O3S/c1-13-21-19(12-20(18-10-11-18)27-23(21)32-28-13)24(31)29(15(3)17-8-6-5-7-9-17)25-26-14(2)22(33-25)16(4)30/h5-9,12,15,18H,10-11H2,1-4H3. The molecule has 5 rings (SSSR count). The van der Waals surface area contributed by atoms with E-state index in [4.69, 9.17) is 4.52 Å². The van der Waals surface area contributed by atoms with Crippen molar-refractivity contribution in [2.45, 2.75) is 52.5 Å². The highest BCUT2D eigenvalue weighted by Gasteiger charge is 2.33. The zero-order valence-corrected chi connectivity index (χ0v) is 19.8. The third kappa shape index (κ3) is 3.84. The summed E-state index contributed by atoms with van der Waals surface area (Å²) in [5, 5.41) is 5.18. The minimum Gasteiger partial charge on any atom is -0.336 e. The third-order valence-corrected chi connectivity index (χ3v) is 7.32. The zero-order chi connectivity index (χ0) is 23.3. The van der Waals surface area contributed by atoms with Crippen molar-refractivity contribution in [3.8, 4) is 0 Å². The maximum Gasteiger partial charge on any atom is 0.261 e. The molecule has 1 aromatic carbocycles. The van der Waals surface area contributed by atoms with Gasteiger partial charge in [0, 0.05) is 18.5 Å². The van der Waals surface area contributed by atoms with Gasteiger partial charge in [-0.25, -0.2) is 9.97 Å². The first-order valence-electron chi connectivity index (χ1n) is 11.0. The lowest BCUT2D eigenvalue weighted by atomic mass is 10.0. The number of thiazole rings is 1. The molecule has 7 nitrogen and oxygen atoms in total. The first kappa shape index (κ1) is 21.5. The summed E-state index contributed by atoms with van der Waals surface area (Å²) < 4.78 is 5.45. The topological polar surface area (TPSA) is 89.2 Å². The van der Waals surface area contributed by atoms with Crippen LogP contribution in [0.5, 0.6) is 0 Å². The lowest BCUT2D eigenvalue weighted by molar-refractivity contribution is 0.0977. The molecule has 8 heteroatoms. The molecule has 3 heterocycles. The van der Waals surface area contributed by atoms with E-state index in [1.807, 2.05) is 50.2 Å². The number of amides is 1. The molecule has 1 saturated carbocycles. The van der Waals surface area contributed by atoms with E-state index in [9.17, 15) is 9.59 Å². The number of anilines is 1. The highest BCUT2D eigenvalue weighted by molar-refractivity contribution is 7.17. The Morgan fingerprint density at radius 3 is 2.48 bits per heavy atom. The largest absolute Gasteiger partial charge is 0.336 e. The molecule has 0 radical (unpaired) electrons. The Morgan fingerprint density at radius 2 is 1.85 bits per heavy atom. The SMILES string of the molecule is CC(=O)c1sc(N(C(=O)c2cc(C3CC3)nc3onc(C)c23)C(C)c2ccccc2)nc1C. The first-order chi connectivity index (χ1) is 15.8. The molecule has 1 amide bonds. The van der Waals surface area contributed by atoms with Crippen molar-refractivity contribution in [3.05, 3.63) is 69.5 Å². The van der Waals surface area contributed by atoms with Gasteiger partial charge < -0.3 is 4.52 Å². The molecule has 4 aromatic rings. The van der Waals surface area contributed by atoms with Crippen molar-refractivity contribution in [3.63, 3.8) is 0 Å². The lowest BCUT2D eigenvalue weighted by Crippen LogP contribution is -2.34. The second-order valence-corrected chi connectivity index (χ2v) is 9.52. The highest BCUT2D eigenvalue weighted by atomic mass is 32.1. The molecule has 0 spiro atoms. The number of aryl methyl sites for hydroxylation is 2. The van der Waals surface area contributed by atoms with Crippen LogP contribution in [0.15, 0.2) is 40.9 Å². The molecule has 1 aliphatic carbocycles. The average Bonchev–Trinajstić information content (AvgIpc) is 3.50. The van der Waals surface area contributed by atoms with Crippen LogP contribution >= 0.6 is 11.3 Å². The van der Waals surface area contributed by atoms with Gasteiger partial charge in [-0.05, 0) is 45.2 Å². The van der Waals surface area contributed by atoms with E-state index in [2.05, 4.69) is 15.1 Å². The molecule has 168 valence electrons. The Kier molecular flexibility index (Phi) is 5.32. The highest BCUT2D eigenvalue weighted by Crippen LogP contribution is 2.41. The van der Waals surface area contributed by atoms with Gasteiger partial charge >= 0.3 is 0 Å². The molecule has 3 aromatic heterocycles. The molecular formula is C25H24N4O3S. The molecular weight excluding hydrogens is 436 g/mol. The molecule has 1 unspecified atom stereocenters. The molecule has 1 aliphatic rings. The van der Waals surface area contributed by atoms with Gasteiger partial charge in [-0.15, -0.1) is 0 Å². The Morgan fingerprint density at radius 1 is 1.12 bits per heavy atom. The molecule has 33 heavy (non-hydrogen) atoms. The normalized spacial score (nSPS) is 14.4. The summed E-state index contributed by atoms with van der Waals surface area (Å²) in [5.41, 5.74) is 3.95. The van der Waals surface area contributed by atoms with Crippen LogP contribution in [-0.2, 0) is 0 Å². The summed E-state index contributed by atoms with van der Waals surface area (Å²) in [4.78, 5) is 37.8. The van der Waals surface area contributed by atoms with E-state index in [1.54, 1.807) is 11.8 Å². The molecule has 0 aliphatic heterocycles. The minimum atomic E-state index is -0.309. The molecule has 0 saturated heterocycles. The van der Waals surface area contributed by atoms with Crippen LogP contribution in [0, 0.1) is 13.8 Å². The number of Topliss-reactive ketones (excluding diaryl/α,β-unsaturated/α-hetero) is 1. The fraction of sp³-hybridized carbons (Fsp3) is 0.320. The molecule has 0 bridgehead atoms. The minimum absolute atomic E-state index is 0.0618. The zero-order valence-electron chi connectivity index (χ0n) is 19.0. The second kappa shape index (κ2) is 8.19. The van der Waals surface area contributed by atoms with E-state index in [0.717, 1.165) is 24.1 Å². The maximum atomic E-state index is 14.2. The number of carbonyl (C=O) groups excluding carboxylic acids is 2. The average molecular weight is 461 g/mol. The quantitative estimate of drug-likeness (QED) is 0.339.